The van der Waals surface area contributed by atoms with Crippen LogP contribution in [-0.4, -0.2) is 44.2 Å². The lowest BCUT2D eigenvalue weighted by atomic mass is 10.1. The van der Waals surface area contributed by atoms with Gasteiger partial charge in [-0.1, -0.05) is 6.08 Å². The highest BCUT2D eigenvalue weighted by molar-refractivity contribution is 5.40. The van der Waals surface area contributed by atoms with Crippen LogP contribution in [0.3, 0.4) is 0 Å². The summed E-state index contributed by atoms with van der Waals surface area (Å²) < 4.78 is 5.36. The molecular formula is C15H25N3O. The van der Waals surface area contributed by atoms with Crippen molar-refractivity contribution in [3.8, 4) is 0 Å². The van der Waals surface area contributed by atoms with Gasteiger partial charge in [0.1, 0.15) is 5.76 Å². The second kappa shape index (κ2) is 7.81. The van der Waals surface area contributed by atoms with Gasteiger partial charge >= 0.3 is 0 Å². The van der Waals surface area contributed by atoms with Gasteiger partial charge in [0.05, 0.1) is 13.7 Å². The summed E-state index contributed by atoms with van der Waals surface area (Å²) in [5.41, 5.74) is 2.50. The fourth-order valence-corrected chi connectivity index (χ4v) is 1.91. The third kappa shape index (κ3) is 5.32. The topological polar surface area (TPSA) is 41.7 Å². The number of ether oxygens (including phenoxy) is 1. The van der Waals surface area contributed by atoms with E-state index in [1.807, 2.05) is 18.4 Å². The summed E-state index contributed by atoms with van der Waals surface area (Å²) in [5, 5.41) is 1.72. The Balaban J connectivity index is 2.79. The lowest BCUT2D eigenvalue weighted by Gasteiger charge is -2.11. The van der Waals surface area contributed by atoms with E-state index in [1.165, 1.54) is 11.1 Å². The summed E-state index contributed by atoms with van der Waals surface area (Å²) in [7, 11) is 5.83. The molecule has 0 aromatic carbocycles. The van der Waals surface area contributed by atoms with Crippen molar-refractivity contribution in [3.05, 3.63) is 47.9 Å². The SMILES string of the molecule is C=CC/C=C(\C=C1/CN(N)C=C1CCN(C)C)OC. The number of methoxy groups -OCH3 is 1. The van der Waals surface area contributed by atoms with Crippen molar-refractivity contribution in [2.24, 2.45) is 5.84 Å². The van der Waals surface area contributed by atoms with Crippen LogP contribution in [0.2, 0.25) is 0 Å². The molecule has 4 nitrogen and oxygen atoms in total. The van der Waals surface area contributed by atoms with Crippen molar-refractivity contribution >= 4 is 0 Å². The van der Waals surface area contributed by atoms with Gasteiger partial charge in [0.2, 0.25) is 0 Å². The van der Waals surface area contributed by atoms with E-state index in [2.05, 4.69) is 31.7 Å². The molecule has 0 aromatic heterocycles. The largest absolute Gasteiger partial charge is 0.497 e. The number of nitrogens with two attached hydrogens (primary N) is 1. The monoisotopic (exact) mass is 263 g/mol. The zero-order chi connectivity index (χ0) is 14.3. The molecule has 0 spiro atoms. The Labute approximate surface area is 116 Å². The molecule has 2 N–H and O–H groups in total. The molecule has 0 radical (unpaired) electrons. The minimum Gasteiger partial charge on any atom is -0.497 e. The number of hydrazine groups is 1. The van der Waals surface area contributed by atoms with E-state index in [1.54, 1.807) is 12.1 Å². The van der Waals surface area contributed by atoms with Gasteiger partial charge in [0.15, 0.2) is 0 Å². The van der Waals surface area contributed by atoms with Gasteiger partial charge < -0.3 is 14.6 Å². The van der Waals surface area contributed by atoms with E-state index in [9.17, 15) is 0 Å². The Morgan fingerprint density at radius 3 is 2.89 bits per heavy atom. The third-order valence-electron chi connectivity index (χ3n) is 2.95. The summed E-state index contributed by atoms with van der Waals surface area (Å²) in [6.07, 6.45) is 9.74. The Bertz CT molecular complexity index is 394. The first-order valence-electron chi connectivity index (χ1n) is 6.49. The fourth-order valence-electron chi connectivity index (χ4n) is 1.91. The summed E-state index contributed by atoms with van der Waals surface area (Å²) in [4.78, 5) is 2.17. The van der Waals surface area contributed by atoms with E-state index in [-0.39, 0.29) is 0 Å². The van der Waals surface area contributed by atoms with Crippen LogP contribution in [0, 0.1) is 0 Å². The average molecular weight is 263 g/mol. The first-order chi connectivity index (χ1) is 9.06. The van der Waals surface area contributed by atoms with Crippen LogP contribution in [0.25, 0.3) is 0 Å². The Kier molecular flexibility index (Phi) is 6.39. The molecule has 0 aliphatic carbocycles. The summed E-state index contributed by atoms with van der Waals surface area (Å²) in [6, 6.07) is 0. The lowest BCUT2D eigenvalue weighted by Crippen LogP contribution is -2.22. The molecule has 1 aliphatic heterocycles. The maximum Gasteiger partial charge on any atom is 0.115 e. The highest BCUT2D eigenvalue weighted by Crippen LogP contribution is 2.23. The Morgan fingerprint density at radius 1 is 1.58 bits per heavy atom. The van der Waals surface area contributed by atoms with Gasteiger partial charge in [0, 0.05) is 12.7 Å². The normalized spacial score (nSPS) is 18.2. The zero-order valence-corrected chi connectivity index (χ0v) is 12.2. The van der Waals surface area contributed by atoms with Crippen molar-refractivity contribution in [2.75, 3.05) is 34.3 Å². The number of rotatable bonds is 7. The number of hydrogen-bond donors (Lipinski definition) is 1. The number of nitrogens with zero attached hydrogens (tertiary/aromatic N) is 2. The molecule has 0 saturated carbocycles. The van der Waals surface area contributed by atoms with Gasteiger partial charge in [-0.15, -0.1) is 6.58 Å². The van der Waals surface area contributed by atoms with Crippen molar-refractivity contribution < 1.29 is 4.74 Å². The molecule has 19 heavy (non-hydrogen) atoms. The van der Waals surface area contributed by atoms with E-state index in [4.69, 9.17) is 10.6 Å². The number of hydrogen-bond acceptors (Lipinski definition) is 4. The Morgan fingerprint density at radius 2 is 2.32 bits per heavy atom. The molecule has 0 amide bonds. The maximum atomic E-state index is 5.87. The first kappa shape index (κ1) is 15.5. The predicted octanol–water partition coefficient (Wildman–Crippen LogP) is 2.04. The molecular weight excluding hydrogens is 238 g/mol. The standard InChI is InChI=1S/C15H25N3O/c1-5-6-7-15(19-4)10-14-12-18(16)11-13(14)8-9-17(2)3/h5,7,10-11H,1,6,8-9,12,16H2,2-4H3/b14-10+,15-7+. The van der Waals surface area contributed by atoms with Gasteiger partial charge in [0.25, 0.3) is 0 Å². The minimum atomic E-state index is 0.734. The van der Waals surface area contributed by atoms with E-state index >= 15 is 0 Å². The smallest absolute Gasteiger partial charge is 0.115 e. The summed E-state index contributed by atoms with van der Waals surface area (Å²) in [6.45, 7) is 5.45. The van der Waals surface area contributed by atoms with Crippen LogP contribution in [0.4, 0.5) is 0 Å². The summed E-state index contributed by atoms with van der Waals surface area (Å²) in [5.74, 6) is 6.73. The van der Waals surface area contributed by atoms with E-state index < -0.39 is 0 Å². The lowest BCUT2D eigenvalue weighted by molar-refractivity contribution is 0.305. The van der Waals surface area contributed by atoms with Crippen LogP contribution < -0.4 is 5.84 Å². The highest BCUT2D eigenvalue weighted by Gasteiger charge is 2.16. The fraction of sp³-hybridized carbons (Fsp3) is 0.467. The van der Waals surface area contributed by atoms with Gasteiger partial charge in [-0.25, -0.2) is 5.84 Å². The first-order valence-corrected chi connectivity index (χ1v) is 6.49. The van der Waals surface area contributed by atoms with Crippen LogP contribution in [0.1, 0.15) is 12.8 Å². The van der Waals surface area contributed by atoms with Crippen LogP contribution >= 0.6 is 0 Å². The van der Waals surface area contributed by atoms with Crippen LogP contribution in [0.15, 0.2) is 47.9 Å². The molecule has 0 bridgehead atoms. The van der Waals surface area contributed by atoms with Crippen LogP contribution in [-0.2, 0) is 4.74 Å². The van der Waals surface area contributed by atoms with Crippen LogP contribution in [0.5, 0.6) is 0 Å². The molecule has 4 heteroatoms. The second-order valence-corrected chi connectivity index (χ2v) is 4.88. The molecule has 1 heterocycles. The van der Waals surface area contributed by atoms with E-state index in [0.29, 0.717) is 0 Å². The summed E-state index contributed by atoms with van der Waals surface area (Å²) >= 11 is 0. The number of allylic oxidation sites excluding steroid dienone is 3. The van der Waals surface area contributed by atoms with Crippen molar-refractivity contribution in [3.63, 3.8) is 0 Å². The quantitative estimate of drug-likeness (QED) is 0.433. The van der Waals surface area contributed by atoms with Gasteiger partial charge in [-0.3, -0.25) is 0 Å². The third-order valence-corrected chi connectivity index (χ3v) is 2.95. The van der Waals surface area contributed by atoms with Crippen molar-refractivity contribution in [1.82, 2.24) is 9.91 Å². The minimum absolute atomic E-state index is 0.734. The van der Waals surface area contributed by atoms with Crippen molar-refractivity contribution in [1.29, 1.82) is 0 Å². The molecule has 1 rings (SSSR count). The van der Waals surface area contributed by atoms with Crippen molar-refractivity contribution in [2.45, 2.75) is 12.8 Å². The van der Waals surface area contributed by atoms with E-state index in [0.717, 1.165) is 31.7 Å². The maximum absolute atomic E-state index is 5.87. The molecule has 0 aromatic rings. The molecule has 0 unspecified atom stereocenters. The molecule has 0 saturated heterocycles. The second-order valence-electron chi connectivity index (χ2n) is 4.88. The highest BCUT2D eigenvalue weighted by atomic mass is 16.5. The molecule has 106 valence electrons. The zero-order valence-electron chi connectivity index (χ0n) is 12.2. The molecule has 1 aliphatic rings. The average Bonchev–Trinajstić information content (AvgIpc) is 2.72. The Hall–Kier alpha value is -1.52. The van der Waals surface area contributed by atoms with Gasteiger partial charge in [-0.2, -0.15) is 0 Å². The molecule has 0 atom stereocenters. The van der Waals surface area contributed by atoms with Gasteiger partial charge in [-0.05, 0) is 50.2 Å². The molecule has 0 fully saturated rings. The predicted molar refractivity (Wildman–Crippen MR) is 80.1 cm³/mol.